The lowest BCUT2D eigenvalue weighted by molar-refractivity contribution is 0.372. The predicted molar refractivity (Wildman–Crippen MR) is 95.8 cm³/mol. The number of phenolic OH excluding ortho intramolecular Hbond substituents is 2. The molecule has 0 amide bonds. The minimum atomic E-state index is 0.136. The number of phenols is 2. The van der Waals surface area contributed by atoms with Crippen LogP contribution in [0.2, 0.25) is 0 Å². The van der Waals surface area contributed by atoms with Gasteiger partial charge < -0.3 is 19.7 Å². The molecule has 0 aliphatic carbocycles. The number of ether oxygens (including phenoxy) is 2. The molecule has 24 heavy (non-hydrogen) atoms. The molecule has 1 atom stereocenters. The number of hydrogen-bond acceptors (Lipinski definition) is 4. The second-order valence-electron chi connectivity index (χ2n) is 5.93. The molecule has 0 fully saturated rings. The second kappa shape index (κ2) is 7.77. The molecule has 0 saturated heterocycles. The topological polar surface area (TPSA) is 58.9 Å². The highest BCUT2D eigenvalue weighted by atomic mass is 16.5. The van der Waals surface area contributed by atoms with Crippen LogP contribution < -0.4 is 9.47 Å². The average molecular weight is 328 g/mol. The fourth-order valence-corrected chi connectivity index (χ4v) is 2.55. The summed E-state index contributed by atoms with van der Waals surface area (Å²) in [6.45, 7) is 4.24. The quantitative estimate of drug-likeness (QED) is 0.825. The van der Waals surface area contributed by atoms with Crippen molar-refractivity contribution in [3.8, 4) is 23.0 Å². The van der Waals surface area contributed by atoms with E-state index in [4.69, 9.17) is 9.47 Å². The van der Waals surface area contributed by atoms with Crippen LogP contribution >= 0.6 is 0 Å². The van der Waals surface area contributed by atoms with E-state index in [0.29, 0.717) is 17.4 Å². The van der Waals surface area contributed by atoms with Gasteiger partial charge in [0.05, 0.1) is 14.2 Å². The number of methoxy groups -OCH3 is 2. The Labute approximate surface area is 143 Å². The number of allylic oxidation sites excluding steroid dienone is 1. The lowest BCUT2D eigenvalue weighted by atomic mass is 9.93. The summed E-state index contributed by atoms with van der Waals surface area (Å²) in [6, 6.07) is 10.7. The molecular formula is C20H24O4. The molecule has 2 N–H and O–H groups in total. The second-order valence-corrected chi connectivity index (χ2v) is 5.93. The highest BCUT2D eigenvalue weighted by molar-refractivity contribution is 5.58. The van der Waals surface area contributed by atoms with Gasteiger partial charge in [-0.05, 0) is 54.7 Å². The predicted octanol–water partition coefficient (Wildman–Crippen LogP) is 4.40. The van der Waals surface area contributed by atoms with Gasteiger partial charge in [-0.1, -0.05) is 30.7 Å². The van der Waals surface area contributed by atoms with E-state index in [2.05, 4.69) is 19.9 Å². The fraction of sp³-hybridized carbons (Fsp3) is 0.300. The summed E-state index contributed by atoms with van der Waals surface area (Å²) >= 11 is 0. The van der Waals surface area contributed by atoms with Gasteiger partial charge >= 0.3 is 0 Å². The van der Waals surface area contributed by atoms with E-state index < -0.39 is 0 Å². The van der Waals surface area contributed by atoms with E-state index in [0.717, 1.165) is 17.5 Å². The number of rotatable bonds is 6. The van der Waals surface area contributed by atoms with Crippen LogP contribution in [0, 0.1) is 5.92 Å². The van der Waals surface area contributed by atoms with E-state index in [1.807, 2.05) is 24.3 Å². The molecule has 0 unspecified atom stereocenters. The molecule has 0 saturated carbocycles. The van der Waals surface area contributed by atoms with Crippen LogP contribution in [0.3, 0.4) is 0 Å². The van der Waals surface area contributed by atoms with E-state index in [9.17, 15) is 10.2 Å². The van der Waals surface area contributed by atoms with Crippen molar-refractivity contribution in [1.29, 1.82) is 0 Å². The van der Waals surface area contributed by atoms with Crippen molar-refractivity contribution in [3.63, 3.8) is 0 Å². The summed E-state index contributed by atoms with van der Waals surface area (Å²) in [6.07, 6.45) is 2.93. The van der Waals surface area contributed by atoms with Gasteiger partial charge in [0.15, 0.2) is 23.0 Å². The van der Waals surface area contributed by atoms with E-state index >= 15 is 0 Å². The largest absolute Gasteiger partial charge is 0.504 e. The normalized spacial score (nSPS) is 12.8. The first-order valence-electron chi connectivity index (χ1n) is 7.85. The average Bonchev–Trinajstić information content (AvgIpc) is 2.58. The summed E-state index contributed by atoms with van der Waals surface area (Å²) in [5, 5.41) is 19.3. The van der Waals surface area contributed by atoms with Crippen LogP contribution in [0.15, 0.2) is 42.0 Å². The first-order valence-corrected chi connectivity index (χ1v) is 7.85. The van der Waals surface area contributed by atoms with Crippen molar-refractivity contribution >= 4 is 6.08 Å². The van der Waals surface area contributed by atoms with Crippen LogP contribution in [0.25, 0.3) is 6.08 Å². The third-order valence-corrected chi connectivity index (χ3v) is 4.16. The highest BCUT2D eigenvalue weighted by Crippen LogP contribution is 2.30. The lowest BCUT2D eigenvalue weighted by Crippen LogP contribution is -2.01. The number of aromatic hydroxyl groups is 2. The zero-order valence-electron chi connectivity index (χ0n) is 14.5. The van der Waals surface area contributed by atoms with Gasteiger partial charge in [-0.3, -0.25) is 0 Å². The summed E-state index contributed by atoms with van der Waals surface area (Å²) in [5.74, 6) is 1.56. The smallest absolute Gasteiger partial charge is 0.161 e. The zero-order chi connectivity index (χ0) is 17.7. The van der Waals surface area contributed by atoms with Crippen molar-refractivity contribution in [3.05, 3.63) is 53.1 Å². The van der Waals surface area contributed by atoms with E-state index in [1.54, 1.807) is 19.2 Å². The summed E-state index contributed by atoms with van der Waals surface area (Å²) in [5.41, 5.74) is 3.31. The van der Waals surface area contributed by atoms with Crippen LogP contribution in [-0.2, 0) is 6.42 Å². The summed E-state index contributed by atoms with van der Waals surface area (Å²) in [4.78, 5) is 0. The molecule has 2 rings (SSSR count). The van der Waals surface area contributed by atoms with E-state index in [-0.39, 0.29) is 11.5 Å². The molecule has 2 aromatic rings. The minimum Gasteiger partial charge on any atom is -0.504 e. The van der Waals surface area contributed by atoms with Crippen LogP contribution in [0.4, 0.5) is 0 Å². The maximum atomic E-state index is 9.68. The van der Waals surface area contributed by atoms with Crippen molar-refractivity contribution < 1.29 is 19.7 Å². The van der Waals surface area contributed by atoms with Gasteiger partial charge in [-0.2, -0.15) is 0 Å². The molecular weight excluding hydrogens is 304 g/mol. The minimum absolute atomic E-state index is 0.136. The van der Waals surface area contributed by atoms with Gasteiger partial charge in [0.25, 0.3) is 0 Å². The zero-order valence-corrected chi connectivity index (χ0v) is 14.5. The third kappa shape index (κ3) is 4.22. The molecule has 0 bridgehead atoms. The molecule has 4 nitrogen and oxygen atoms in total. The van der Waals surface area contributed by atoms with Gasteiger partial charge in [0.2, 0.25) is 0 Å². The first-order chi connectivity index (χ1) is 11.4. The Morgan fingerprint density at radius 1 is 1.00 bits per heavy atom. The maximum absolute atomic E-state index is 9.68. The van der Waals surface area contributed by atoms with Crippen molar-refractivity contribution in [2.24, 2.45) is 5.92 Å². The molecule has 0 radical (unpaired) electrons. The standard InChI is InChI=1S/C20H24O4/c1-13(9-15-5-7-17(21)19(11-15)23-3)14(2)10-16-6-8-18(22)20(12-16)24-4/h5-9,11-12,14,21-22H,10H2,1-4H3/t14-/m0/s1. The highest BCUT2D eigenvalue weighted by Gasteiger charge is 2.10. The molecule has 0 heterocycles. The van der Waals surface area contributed by atoms with Gasteiger partial charge in [-0.15, -0.1) is 0 Å². The van der Waals surface area contributed by atoms with Crippen LogP contribution in [0.5, 0.6) is 23.0 Å². The number of hydrogen-bond donors (Lipinski definition) is 2. The molecule has 0 spiro atoms. The van der Waals surface area contributed by atoms with Gasteiger partial charge in [0.1, 0.15) is 0 Å². The SMILES string of the molecule is COc1cc(C=C(C)[C@@H](C)Cc2ccc(O)c(OC)c2)ccc1O. The Hall–Kier alpha value is -2.62. The molecule has 0 aliphatic heterocycles. The Bertz CT molecular complexity index is 734. The van der Waals surface area contributed by atoms with Crippen molar-refractivity contribution in [2.45, 2.75) is 20.3 Å². The summed E-state index contributed by atoms with van der Waals surface area (Å²) < 4.78 is 10.3. The monoisotopic (exact) mass is 328 g/mol. The molecule has 4 heteroatoms. The van der Waals surface area contributed by atoms with Gasteiger partial charge in [0, 0.05) is 0 Å². The van der Waals surface area contributed by atoms with Crippen molar-refractivity contribution in [1.82, 2.24) is 0 Å². The Morgan fingerprint density at radius 3 is 2.21 bits per heavy atom. The Morgan fingerprint density at radius 2 is 1.58 bits per heavy atom. The third-order valence-electron chi connectivity index (χ3n) is 4.16. The maximum Gasteiger partial charge on any atom is 0.161 e. The molecule has 2 aromatic carbocycles. The molecule has 128 valence electrons. The van der Waals surface area contributed by atoms with Gasteiger partial charge in [-0.25, -0.2) is 0 Å². The fourth-order valence-electron chi connectivity index (χ4n) is 2.55. The Kier molecular flexibility index (Phi) is 5.74. The van der Waals surface area contributed by atoms with E-state index in [1.165, 1.54) is 12.7 Å². The first kappa shape index (κ1) is 17.7. The molecule has 0 aliphatic rings. The number of benzene rings is 2. The Balaban J connectivity index is 2.15. The van der Waals surface area contributed by atoms with Crippen LogP contribution in [-0.4, -0.2) is 24.4 Å². The summed E-state index contributed by atoms with van der Waals surface area (Å²) in [7, 11) is 3.09. The lowest BCUT2D eigenvalue weighted by Gasteiger charge is -2.14. The van der Waals surface area contributed by atoms with Crippen LogP contribution in [0.1, 0.15) is 25.0 Å². The molecule has 0 aromatic heterocycles. The van der Waals surface area contributed by atoms with Crippen molar-refractivity contribution in [2.75, 3.05) is 14.2 Å².